The number of halogens is 2. The first-order chi connectivity index (χ1) is 14.5. The highest BCUT2D eigenvalue weighted by Crippen LogP contribution is 2.36. The highest BCUT2D eigenvalue weighted by molar-refractivity contribution is 5.95. The maximum atomic E-state index is 14.8. The molecule has 2 aromatic rings. The van der Waals surface area contributed by atoms with Gasteiger partial charge in [0.05, 0.1) is 12.7 Å². The van der Waals surface area contributed by atoms with Crippen LogP contribution in [0.2, 0.25) is 0 Å². The third-order valence-corrected chi connectivity index (χ3v) is 5.26. The Kier molecular flexibility index (Phi) is 5.23. The fourth-order valence-corrected chi connectivity index (χ4v) is 3.82. The van der Waals surface area contributed by atoms with Crippen molar-refractivity contribution in [1.29, 1.82) is 5.26 Å². The zero-order valence-electron chi connectivity index (χ0n) is 15.8. The van der Waals surface area contributed by atoms with Crippen molar-refractivity contribution in [3.05, 3.63) is 59.2 Å². The summed E-state index contributed by atoms with van der Waals surface area (Å²) in [4.78, 5) is 26.5. The Hall–Kier alpha value is -3.67. The van der Waals surface area contributed by atoms with Crippen LogP contribution in [0.1, 0.15) is 17.0 Å². The molecule has 0 aliphatic carbocycles. The van der Waals surface area contributed by atoms with E-state index in [2.05, 4.69) is 10.6 Å². The molecule has 7 nitrogen and oxygen atoms in total. The first-order valence-corrected chi connectivity index (χ1v) is 9.40. The van der Waals surface area contributed by atoms with Crippen molar-refractivity contribution in [2.75, 3.05) is 25.0 Å². The molecule has 2 aliphatic rings. The summed E-state index contributed by atoms with van der Waals surface area (Å²) in [5.74, 6) is -1.64. The summed E-state index contributed by atoms with van der Waals surface area (Å²) >= 11 is 0. The topological polar surface area (TPSA) is 94.5 Å². The number of hydrogen-bond donors (Lipinski definition) is 2. The molecule has 9 heteroatoms. The molecule has 0 saturated carbocycles. The van der Waals surface area contributed by atoms with Gasteiger partial charge < -0.3 is 20.3 Å². The van der Waals surface area contributed by atoms with E-state index in [0.29, 0.717) is 30.0 Å². The number of carbonyl (C=O) groups is 2. The fraction of sp³-hybridized carbons (Fsp3) is 0.286. The number of hydrogen-bond acceptors (Lipinski definition) is 4. The van der Waals surface area contributed by atoms with Crippen molar-refractivity contribution in [2.45, 2.75) is 18.4 Å². The molecule has 0 bridgehead atoms. The van der Waals surface area contributed by atoms with Gasteiger partial charge in [0.25, 0.3) is 0 Å². The van der Waals surface area contributed by atoms with Gasteiger partial charge in [-0.3, -0.25) is 4.79 Å². The van der Waals surface area contributed by atoms with Crippen LogP contribution in [0.15, 0.2) is 36.4 Å². The molecule has 0 unspecified atom stereocenters. The third kappa shape index (κ3) is 3.76. The molecule has 2 aliphatic heterocycles. The van der Waals surface area contributed by atoms with Crippen LogP contribution in [0.25, 0.3) is 0 Å². The number of urea groups is 1. The molecule has 0 spiro atoms. The zero-order valence-corrected chi connectivity index (χ0v) is 15.8. The molecule has 30 heavy (non-hydrogen) atoms. The molecular formula is C21H18F2N4O3. The summed E-state index contributed by atoms with van der Waals surface area (Å²) in [6.45, 7) is 0.400. The van der Waals surface area contributed by atoms with Gasteiger partial charge in [0.1, 0.15) is 30.0 Å². The number of fused-ring (bicyclic) bond motifs is 1. The van der Waals surface area contributed by atoms with Crippen molar-refractivity contribution < 1.29 is 23.1 Å². The lowest BCUT2D eigenvalue weighted by Crippen LogP contribution is -2.45. The fourth-order valence-electron chi connectivity index (χ4n) is 3.82. The number of benzene rings is 2. The largest absolute Gasteiger partial charge is 0.493 e. The monoisotopic (exact) mass is 412 g/mol. The normalized spacial score (nSPS) is 19.8. The van der Waals surface area contributed by atoms with Gasteiger partial charge in [-0.05, 0) is 41.5 Å². The van der Waals surface area contributed by atoms with E-state index >= 15 is 0 Å². The number of carbonyl (C=O) groups excluding carboxylic acids is 2. The summed E-state index contributed by atoms with van der Waals surface area (Å²) < 4.78 is 33.2. The maximum Gasteiger partial charge on any atom is 0.319 e. The highest BCUT2D eigenvalue weighted by atomic mass is 19.1. The molecule has 1 saturated heterocycles. The number of nitrogens with zero attached hydrogens (tertiary/aromatic N) is 2. The minimum absolute atomic E-state index is 0.102. The van der Waals surface area contributed by atoms with Gasteiger partial charge in [-0.1, -0.05) is 0 Å². The smallest absolute Gasteiger partial charge is 0.319 e. The summed E-state index contributed by atoms with van der Waals surface area (Å²) in [7, 11) is 0. The van der Waals surface area contributed by atoms with E-state index in [4.69, 9.17) is 10.00 Å². The van der Waals surface area contributed by atoms with Crippen LogP contribution >= 0.6 is 0 Å². The standard InChI is InChI=1S/C21H18F2N4O3/c22-13-1-3-14(4-2-13)25-21(29)26-19-16(11-27(7-6-24)20(19)28)15-9-12-5-8-30-18(12)10-17(15)23/h1-4,9-10,16,19H,5,7-8,11H2,(H2,25,26,29)/t16-,19-/m0/s1. The third-order valence-electron chi connectivity index (χ3n) is 5.26. The number of nitriles is 1. The quantitative estimate of drug-likeness (QED) is 0.755. The maximum absolute atomic E-state index is 14.8. The van der Waals surface area contributed by atoms with E-state index in [9.17, 15) is 18.4 Å². The molecular weight excluding hydrogens is 394 g/mol. The average Bonchev–Trinajstić information content (AvgIpc) is 3.28. The van der Waals surface area contributed by atoms with E-state index in [1.807, 2.05) is 6.07 Å². The van der Waals surface area contributed by atoms with E-state index in [1.165, 1.54) is 35.2 Å². The Morgan fingerprint density at radius 3 is 2.77 bits per heavy atom. The van der Waals surface area contributed by atoms with Crippen LogP contribution in [0, 0.1) is 23.0 Å². The second kappa shape index (κ2) is 7.99. The van der Waals surface area contributed by atoms with E-state index in [0.717, 1.165) is 5.56 Å². The van der Waals surface area contributed by atoms with Crippen LogP contribution in [0.5, 0.6) is 5.75 Å². The van der Waals surface area contributed by atoms with Crippen molar-refractivity contribution >= 4 is 17.6 Å². The number of amides is 3. The molecule has 3 amide bonds. The Morgan fingerprint density at radius 1 is 1.27 bits per heavy atom. The van der Waals surface area contributed by atoms with Gasteiger partial charge in [-0.2, -0.15) is 5.26 Å². The molecule has 2 aromatic carbocycles. The van der Waals surface area contributed by atoms with Gasteiger partial charge in [0, 0.05) is 30.6 Å². The van der Waals surface area contributed by atoms with Gasteiger partial charge in [-0.15, -0.1) is 0 Å². The first-order valence-electron chi connectivity index (χ1n) is 9.40. The van der Waals surface area contributed by atoms with E-state index in [-0.39, 0.29) is 13.1 Å². The SMILES string of the molecule is N#CCN1C[C@@H](c2cc3c(cc2F)OCC3)[C@H](NC(=O)Nc2ccc(F)cc2)C1=O. The second-order valence-electron chi connectivity index (χ2n) is 7.15. The lowest BCUT2D eigenvalue weighted by Gasteiger charge is -2.20. The van der Waals surface area contributed by atoms with E-state index in [1.54, 1.807) is 6.07 Å². The second-order valence-corrected chi connectivity index (χ2v) is 7.15. The van der Waals surface area contributed by atoms with Gasteiger partial charge >= 0.3 is 6.03 Å². The van der Waals surface area contributed by atoms with Crippen LogP contribution < -0.4 is 15.4 Å². The number of likely N-dealkylation sites (tertiary alicyclic amines) is 1. The molecule has 2 atom stereocenters. The molecule has 2 heterocycles. The van der Waals surface area contributed by atoms with Gasteiger partial charge in [-0.25, -0.2) is 13.6 Å². The molecule has 0 radical (unpaired) electrons. The highest BCUT2D eigenvalue weighted by Gasteiger charge is 2.43. The minimum Gasteiger partial charge on any atom is -0.493 e. The lowest BCUT2D eigenvalue weighted by atomic mass is 9.91. The van der Waals surface area contributed by atoms with Crippen LogP contribution in [-0.2, 0) is 11.2 Å². The van der Waals surface area contributed by atoms with Crippen LogP contribution in [0.3, 0.4) is 0 Å². The molecule has 1 fully saturated rings. The summed E-state index contributed by atoms with van der Waals surface area (Å²) in [6.07, 6.45) is 0.633. The predicted molar refractivity (Wildman–Crippen MR) is 103 cm³/mol. The number of nitrogens with one attached hydrogen (secondary N) is 2. The van der Waals surface area contributed by atoms with Crippen LogP contribution in [-0.4, -0.2) is 42.6 Å². The number of rotatable bonds is 4. The zero-order chi connectivity index (χ0) is 21.3. The van der Waals surface area contributed by atoms with Crippen molar-refractivity contribution in [1.82, 2.24) is 10.2 Å². The van der Waals surface area contributed by atoms with E-state index < -0.39 is 35.5 Å². The molecule has 4 rings (SSSR count). The number of anilines is 1. The molecule has 0 aromatic heterocycles. The first kappa shape index (κ1) is 19.6. The van der Waals surface area contributed by atoms with Crippen molar-refractivity contribution in [2.24, 2.45) is 0 Å². The average molecular weight is 412 g/mol. The summed E-state index contributed by atoms with van der Waals surface area (Å²) in [5, 5.41) is 14.1. The predicted octanol–water partition coefficient (Wildman–Crippen LogP) is 2.54. The summed E-state index contributed by atoms with van der Waals surface area (Å²) in [6, 6.07) is 8.28. The van der Waals surface area contributed by atoms with Crippen LogP contribution in [0.4, 0.5) is 19.3 Å². The Morgan fingerprint density at radius 2 is 2.03 bits per heavy atom. The lowest BCUT2D eigenvalue weighted by molar-refractivity contribution is -0.128. The van der Waals surface area contributed by atoms with Crippen molar-refractivity contribution in [3.63, 3.8) is 0 Å². The minimum atomic E-state index is -1.05. The molecule has 154 valence electrons. The summed E-state index contributed by atoms with van der Waals surface area (Å²) in [5.41, 5.74) is 1.47. The Balaban J connectivity index is 1.58. The van der Waals surface area contributed by atoms with Crippen molar-refractivity contribution in [3.8, 4) is 11.8 Å². The number of ether oxygens (including phenoxy) is 1. The van der Waals surface area contributed by atoms with Gasteiger partial charge in [0.2, 0.25) is 5.91 Å². The Bertz CT molecular complexity index is 1040. The van der Waals surface area contributed by atoms with Gasteiger partial charge in [0.15, 0.2) is 0 Å². The Labute approximate surface area is 171 Å². The molecule has 2 N–H and O–H groups in total.